The van der Waals surface area contributed by atoms with E-state index < -0.39 is 99.9 Å². The highest BCUT2D eigenvalue weighted by atomic mass is 19.4. The van der Waals surface area contributed by atoms with Gasteiger partial charge in [0.25, 0.3) is 11.8 Å². The molecular formula is C38H27F12N9O3. The van der Waals surface area contributed by atoms with Gasteiger partial charge >= 0.3 is 24.7 Å². The van der Waals surface area contributed by atoms with E-state index in [0.717, 1.165) is 31.1 Å². The van der Waals surface area contributed by atoms with Crippen LogP contribution in [0.25, 0.3) is 11.1 Å². The van der Waals surface area contributed by atoms with Crippen LogP contribution < -0.4 is 20.3 Å². The minimum atomic E-state index is -5.23. The highest BCUT2D eigenvalue weighted by Gasteiger charge is 2.44. The van der Waals surface area contributed by atoms with E-state index in [0.29, 0.717) is 33.9 Å². The Morgan fingerprint density at radius 2 is 1.16 bits per heavy atom. The van der Waals surface area contributed by atoms with Crippen molar-refractivity contribution in [3.05, 3.63) is 125 Å². The molecule has 0 aliphatic carbocycles. The van der Waals surface area contributed by atoms with Gasteiger partial charge in [0.05, 0.1) is 0 Å². The molecule has 6 rings (SSSR count). The van der Waals surface area contributed by atoms with Crippen molar-refractivity contribution in [1.29, 1.82) is 0 Å². The first-order valence-corrected chi connectivity index (χ1v) is 17.4. The summed E-state index contributed by atoms with van der Waals surface area (Å²) in [6.07, 6.45) is -18.9. The lowest BCUT2D eigenvalue weighted by Crippen LogP contribution is -2.22. The maximum Gasteiger partial charge on any atom is 0.433 e. The lowest BCUT2D eigenvalue weighted by Gasteiger charge is -2.21. The molecule has 24 heteroatoms. The number of rotatable bonds is 10. The van der Waals surface area contributed by atoms with E-state index in [-0.39, 0.29) is 22.6 Å². The largest absolute Gasteiger partial charge is 0.487 e. The Bertz CT molecular complexity index is 2650. The van der Waals surface area contributed by atoms with Crippen LogP contribution in [-0.4, -0.2) is 48.4 Å². The minimum Gasteiger partial charge on any atom is -0.487 e. The van der Waals surface area contributed by atoms with Crippen LogP contribution in [-0.2, 0) is 45.4 Å². The number of amides is 2. The van der Waals surface area contributed by atoms with E-state index in [9.17, 15) is 62.3 Å². The Morgan fingerprint density at radius 3 is 1.69 bits per heavy atom. The van der Waals surface area contributed by atoms with Crippen molar-refractivity contribution < 1.29 is 67.0 Å². The van der Waals surface area contributed by atoms with Crippen molar-refractivity contribution in [3.63, 3.8) is 0 Å². The summed E-state index contributed by atoms with van der Waals surface area (Å²) in [5.41, 5.74) is -9.22. The number of ether oxygens (including phenoxy) is 1. The molecule has 0 spiro atoms. The van der Waals surface area contributed by atoms with Crippen LogP contribution in [0.15, 0.2) is 85.2 Å². The number of aromatic nitrogens is 6. The average molecular weight is 886 g/mol. The fraction of sp³-hybridized carbons (Fsp3) is 0.211. The zero-order chi connectivity index (χ0) is 45.5. The van der Waals surface area contributed by atoms with Crippen molar-refractivity contribution in [2.75, 3.05) is 22.6 Å². The molecule has 326 valence electrons. The topological polar surface area (TPSA) is 132 Å². The summed E-state index contributed by atoms with van der Waals surface area (Å²) in [4.78, 5) is 33.5. The van der Waals surface area contributed by atoms with Crippen LogP contribution in [0.4, 0.5) is 75.6 Å². The first-order chi connectivity index (χ1) is 28.8. The molecule has 0 saturated carbocycles. The number of pyridine rings is 2. The number of nitrogens with zero attached hydrogens (tertiary/aromatic N) is 7. The molecule has 2 amide bonds. The second-order valence-electron chi connectivity index (χ2n) is 13.1. The summed E-state index contributed by atoms with van der Waals surface area (Å²) in [6.45, 7) is -0.898. The third-order valence-electron chi connectivity index (χ3n) is 8.88. The van der Waals surface area contributed by atoms with Gasteiger partial charge in [0.15, 0.2) is 5.82 Å². The number of aryl methyl sites for hydroxylation is 2. The SMILES string of the molecule is CN(c1cccc(-c2ccccc2OCc2nn(C)c(C(=O)Nc3ccnc(C(F)(F)F)c3)c2C(F)(F)F)c1)c1nn(C)c(C(=O)Nc2ccnc(C(F)(F)F)c2)c1C(F)(F)F. The summed E-state index contributed by atoms with van der Waals surface area (Å²) in [5.74, 6) is -3.71. The van der Waals surface area contributed by atoms with Crippen molar-refractivity contribution in [3.8, 4) is 16.9 Å². The van der Waals surface area contributed by atoms with E-state index in [1.807, 2.05) is 10.6 Å². The van der Waals surface area contributed by atoms with Gasteiger partial charge in [-0.1, -0.05) is 30.3 Å². The number of para-hydroxylation sites is 1. The minimum absolute atomic E-state index is 0.0492. The zero-order valence-corrected chi connectivity index (χ0v) is 31.7. The third-order valence-corrected chi connectivity index (χ3v) is 8.88. The monoisotopic (exact) mass is 885 g/mol. The molecule has 0 unspecified atom stereocenters. The third kappa shape index (κ3) is 9.42. The maximum atomic E-state index is 14.7. The van der Waals surface area contributed by atoms with Gasteiger partial charge in [-0.3, -0.25) is 28.9 Å². The summed E-state index contributed by atoms with van der Waals surface area (Å²) in [6, 6.07) is 14.3. The molecule has 0 atom stereocenters. The molecule has 0 bridgehead atoms. The Labute approximate surface area is 340 Å². The van der Waals surface area contributed by atoms with Gasteiger partial charge in [-0.05, 0) is 48.0 Å². The van der Waals surface area contributed by atoms with Crippen LogP contribution >= 0.6 is 0 Å². The van der Waals surface area contributed by atoms with Crippen LogP contribution in [0.5, 0.6) is 5.75 Å². The summed E-state index contributed by atoms with van der Waals surface area (Å²) in [5, 5.41) is 11.7. The first kappa shape index (κ1) is 44.4. The van der Waals surface area contributed by atoms with E-state index in [2.05, 4.69) is 20.2 Å². The molecule has 2 N–H and O–H groups in total. The van der Waals surface area contributed by atoms with Gasteiger partial charge in [0, 0.05) is 56.2 Å². The molecule has 12 nitrogen and oxygen atoms in total. The molecule has 6 aromatic rings. The summed E-state index contributed by atoms with van der Waals surface area (Å²) < 4.78 is 174. The molecule has 0 aliphatic rings. The van der Waals surface area contributed by atoms with Gasteiger partial charge in [0.2, 0.25) is 0 Å². The smallest absolute Gasteiger partial charge is 0.433 e. The van der Waals surface area contributed by atoms with Gasteiger partial charge in [-0.2, -0.15) is 62.9 Å². The molecule has 62 heavy (non-hydrogen) atoms. The molecule has 0 radical (unpaired) electrons. The highest BCUT2D eigenvalue weighted by Crippen LogP contribution is 2.42. The molecule has 4 aromatic heterocycles. The fourth-order valence-corrected chi connectivity index (χ4v) is 6.19. The lowest BCUT2D eigenvalue weighted by molar-refractivity contribution is -0.141. The zero-order valence-electron chi connectivity index (χ0n) is 31.7. The summed E-state index contributed by atoms with van der Waals surface area (Å²) in [7, 11) is 3.22. The number of halogens is 12. The maximum absolute atomic E-state index is 14.7. The Morgan fingerprint density at radius 1 is 0.645 bits per heavy atom. The number of carbonyl (C=O) groups excluding carboxylic acids is 2. The predicted molar refractivity (Wildman–Crippen MR) is 195 cm³/mol. The van der Waals surface area contributed by atoms with Crippen molar-refractivity contribution in [2.24, 2.45) is 14.1 Å². The summed E-state index contributed by atoms with van der Waals surface area (Å²) >= 11 is 0. The van der Waals surface area contributed by atoms with Gasteiger partial charge in [-0.25, -0.2) is 0 Å². The normalized spacial score (nSPS) is 12.3. The van der Waals surface area contributed by atoms with Crippen LogP contribution in [0.1, 0.15) is 49.2 Å². The Hall–Kier alpha value is -7.14. The quantitative estimate of drug-likeness (QED) is 0.130. The second-order valence-corrected chi connectivity index (χ2v) is 13.1. The van der Waals surface area contributed by atoms with Crippen LogP contribution in [0, 0.1) is 0 Å². The standard InChI is InChI=1S/C38H27F12N9O3/c1-57(32-29(38(48,49)50)31(59(3)56-32)34(61)54-21-12-14-52-27(17-21)36(42,43)44)22-8-6-7-19(15-22)23-9-4-5-10-25(23)62-18-24-28(37(45,46)47)30(58(2)55-24)33(60)53-20-11-13-51-26(16-20)35(39,40)41/h4-17H,18H2,1-3H3,(H,51,53,60)(H,52,54,61). The molecule has 0 fully saturated rings. The highest BCUT2D eigenvalue weighted by molar-refractivity contribution is 6.05. The van der Waals surface area contributed by atoms with Gasteiger partial charge in [-0.15, -0.1) is 0 Å². The second kappa shape index (κ2) is 16.4. The van der Waals surface area contributed by atoms with Crippen molar-refractivity contribution >= 4 is 34.7 Å². The van der Waals surface area contributed by atoms with E-state index in [1.165, 1.54) is 55.6 Å². The lowest BCUT2D eigenvalue weighted by atomic mass is 10.0. The molecule has 0 aliphatic heterocycles. The number of benzene rings is 2. The molecule has 0 saturated heterocycles. The molecule has 4 heterocycles. The fourth-order valence-electron chi connectivity index (χ4n) is 6.19. The van der Waals surface area contributed by atoms with Crippen molar-refractivity contribution in [1.82, 2.24) is 29.5 Å². The van der Waals surface area contributed by atoms with E-state index >= 15 is 0 Å². The Kier molecular flexibility index (Phi) is 11.7. The van der Waals surface area contributed by atoms with Crippen molar-refractivity contribution in [2.45, 2.75) is 31.3 Å². The van der Waals surface area contributed by atoms with E-state index in [4.69, 9.17) is 4.74 Å². The predicted octanol–water partition coefficient (Wildman–Crippen LogP) is 9.54. The number of alkyl halides is 12. The molecular weight excluding hydrogens is 858 g/mol. The number of nitrogens with one attached hydrogen (secondary N) is 2. The van der Waals surface area contributed by atoms with E-state index in [1.54, 1.807) is 0 Å². The average Bonchev–Trinajstić information content (AvgIpc) is 3.73. The number of carbonyl (C=O) groups is 2. The van der Waals surface area contributed by atoms with Gasteiger partial charge < -0.3 is 20.3 Å². The Balaban J connectivity index is 1.28. The molecule has 2 aromatic carbocycles. The van der Waals surface area contributed by atoms with Gasteiger partial charge in [0.1, 0.15) is 52.0 Å². The van der Waals surface area contributed by atoms with Crippen LogP contribution in [0.3, 0.4) is 0 Å². The number of hydrogen-bond donors (Lipinski definition) is 2. The number of hydrogen-bond acceptors (Lipinski definition) is 8. The number of anilines is 4. The first-order valence-electron chi connectivity index (χ1n) is 17.4. The van der Waals surface area contributed by atoms with Crippen LogP contribution in [0.2, 0.25) is 0 Å².